The number of halogens is 1. The number of carbonyl (C=O) groups is 1. The van der Waals surface area contributed by atoms with Gasteiger partial charge >= 0.3 is 5.97 Å². The predicted octanol–water partition coefficient (Wildman–Crippen LogP) is 4.99. The minimum Gasteiger partial charge on any atom is -0.460 e. The zero-order chi connectivity index (χ0) is 32.3. The van der Waals surface area contributed by atoms with E-state index in [-0.39, 0.29) is 12.6 Å². The molecule has 0 atom stereocenters. The van der Waals surface area contributed by atoms with Crippen molar-refractivity contribution >= 4 is 23.3 Å². The lowest BCUT2D eigenvalue weighted by Gasteiger charge is -2.09. The van der Waals surface area contributed by atoms with Crippen molar-refractivity contribution in [1.82, 2.24) is 0 Å². The molecule has 1 aromatic carbocycles. The summed E-state index contributed by atoms with van der Waals surface area (Å²) in [6, 6.07) is 7.30. The maximum Gasteiger partial charge on any atom is 0.338 e. The summed E-state index contributed by atoms with van der Waals surface area (Å²) in [5, 5.41) is 3.32. The van der Waals surface area contributed by atoms with Gasteiger partial charge < -0.3 is 47.9 Å². The number of benzene rings is 1. The monoisotopic (exact) mass is 663 g/mol. The van der Waals surface area contributed by atoms with E-state index in [4.69, 9.17) is 54.2 Å². The highest BCUT2D eigenvalue weighted by atomic mass is 35.5. The topological polar surface area (TPSA) is 112 Å². The first-order valence-electron chi connectivity index (χ1n) is 16.5. The standard InChI is InChI=1S/C33H58ClNO10/c1-2-3-13-35-32-10-8-31(9-11-32)33(36)45-30-29-44-28-27-43-26-25-42-24-23-41-22-21-40-20-19-39-18-17-38-16-15-37-14-7-5-4-6-12-34/h8-11,35H,2-7,12-30H2,1H3. The van der Waals surface area contributed by atoms with E-state index in [2.05, 4.69) is 12.2 Å². The molecule has 0 saturated carbocycles. The van der Waals surface area contributed by atoms with E-state index in [1.807, 2.05) is 12.1 Å². The van der Waals surface area contributed by atoms with Gasteiger partial charge in [0.15, 0.2) is 0 Å². The Bertz CT molecular complexity index is 760. The molecule has 0 aliphatic rings. The van der Waals surface area contributed by atoms with Crippen LogP contribution in [-0.4, -0.2) is 131 Å². The number of nitrogens with one attached hydrogen (secondary N) is 1. The molecule has 0 unspecified atom stereocenters. The molecule has 11 nitrogen and oxygen atoms in total. The molecule has 0 fully saturated rings. The number of hydrogen-bond donors (Lipinski definition) is 1. The van der Waals surface area contributed by atoms with Crippen molar-refractivity contribution in [3.63, 3.8) is 0 Å². The third-order valence-electron chi connectivity index (χ3n) is 6.22. The lowest BCUT2D eigenvalue weighted by Crippen LogP contribution is -2.15. The molecule has 0 aliphatic carbocycles. The Balaban J connectivity index is 1.72. The van der Waals surface area contributed by atoms with E-state index in [1.54, 1.807) is 12.1 Å². The molecule has 0 bridgehead atoms. The number of rotatable bonds is 35. The van der Waals surface area contributed by atoms with Gasteiger partial charge in [0, 0.05) is 24.7 Å². The highest BCUT2D eigenvalue weighted by Gasteiger charge is 2.06. The van der Waals surface area contributed by atoms with Gasteiger partial charge in [0.1, 0.15) is 6.61 Å². The number of esters is 1. The van der Waals surface area contributed by atoms with Gasteiger partial charge in [0.05, 0.1) is 105 Å². The quantitative estimate of drug-likeness (QED) is 0.0602. The molecular formula is C33H58ClNO10. The van der Waals surface area contributed by atoms with Crippen LogP contribution < -0.4 is 5.32 Å². The predicted molar refractivity (Wildman–Crippen MR) is 176 cm³/mol. The number of hydrogen-bond acceptors (Lipinski definition) is 11. The fraction of sp³-hybridized carbons (Fsp3) is 0.788. The summed E-state index contributed by atoms with van der Waals surface area (Å²) in [6.07, 6.45) is 6.74. The van der Waals surface area contributed by atoms with Crippen LogP contribution in [0.4, 0.5) is 5.69 Å². The van der Waals surface area contributed by atoms with E-state index >= 15 is 0 Å². The average Bonchev–Trinajstić information content (AvgIpc) is 3.06. The minimum atomic E-state index is -0.357. The fourth-order valence-electron chi connectivity index (χ4n) is 3.70. The van der Waals surface area contributed by atoms with Gasteiger partial charge in [-0.2, -0.15) is 0 Å². The average molecular weight is 664 g/mol. The lowest BCUT2D eigenvalue weighted by molar-refractivity contribution is -0.0244. The first-order chi connectivity index (χ1) is 22.3. The van der Waals surface area contributed by atoms with Crippen molar-refractivity contribution in [1.29, 1.82) is 0 Å². The molecule has 0 amide bonds. The fourth-order valence-corrected chi connectivity index (χ4v) is 3.89. The SMILES string of the molecule is CCCCNc1ccc(C(=O)OCCOCCOCCOCCOCCOCCOCCOCCOCCCCCCCl)cc1. The Hall–Kier alpha value is -1.54. The second-order valence-electron chi connectivity index (χ2n) is 10.00. The van der Waals surface area contributed by atoms with Crippen LogP contribution in [0.2, 0.25) is 0 Å². The molecular weight excluding hydrogens is 606 g/mol. The summed E-state index contributed by atoms with van der Waals surface area (Å²) in [5.74, 6) is 0.384. The second kappa shape index (κ2) is 33.8. The van der Waals surface area contributed by atoms with E-state index in [1.165, 1.54) is 6.42 Å². The van der Waals surface area contributed by atoms with Crippen LogP contribution in [0.1, 0.15) is 55.8 Å². The summed E-state index contributed by atoms with van der Waals surface area (Å²) in [7, 11) is 0. The maximum absolute atomic E-state index is 12.1. The molecule has 1 N–H and O–H groups in total. The molecule has 45 heavy (non-hydrogen) atoms. The highest BCUT2D eigenvalue weighted by molar-refractivity contribution is 6.17. The van der Waals surface area contributed by atoms with Gasteiger partial charge in [-0.1, -0.05) is 26.2 Å². The largest absolute Gasteiger partial charge is 0.460 e. The molecule has 1 aromatic rings. The molecule has 0 aliphatic heterocycles. The molecule has 12 heteroatoms. The second-order valence-corrected chi connectivity index (χ2v) is 10.4. The number of alkyl halides is 1. The third-order valence-corrected chi connectivity index (χ3v) is 6.48. The summed E-state index contributed by atoms with van der Waals surface area (Å²) in [5.41, 5.74) is 1.52. The van der Waals surface area contributed by atoms with Crippen LogP contribution in [0.15, 0.2) is 24.3 Å². The number of carbonyl (C=O) groups excluding carboxylic acids is 1. The first kappa shape index (κ1) is 41.5. The van der Waals surface area contributed by atoms with Gasteiger partial charge in [-0.3, -0.25) is 0 Å². The van der Waals surface area contributed by atoms with Crippen molar-refractivity contribution in [2.45, 2.75) is 45.4 Å². The molecule has 0 spiro atoms. The Labute approximate surface area is 275 Å². The van der Waals surface area contributed by atoms with Gasteiger partial charge in [-0.15, -0.1) is 11.6 Å². The third kappa shape index (κ3) is 28.4. The molecule has 0 radical (unpaired) electrons. The smallest absolute Gasteiger partial charge is 0.338 e. The minimum absolute atomic E-state index is 0.195. The van der Waals surface area contributed by atoms with Crippen LogP contribution in [0, 0.1) is 0 Å². The van der Waals surface area contributed by atoms with Crippen LogP contribution in [-0.2, 0) is 42.6 Å². The van der Waals surface area contributed by atoms with E-state index in [9.17, 15) is 4.79 Å². The summed E-state index contributed by atoms with van der Waals surface area (Å²) in [6.45, 7) is 11.5. The Morgan fingerprint density at radius 2 is 0.933 bits per heavy atom. The molecule has 0 aromatic heterocycles. The Morgan fingerprint density at radius 1 is 0.533 bits per heavy atom. The van der Waals surface area contributed by atoms with Gasteiger partial charge in [-0.25, -0.2) is 4.79 Å². The summed E-state index contributed by atoms with van der Waals surface area (Å²) in [4.78, 5) is 12.1. The van der Waals surface area contributed by atoms with Crippen molar-refractivity contribution < 1.29 is 47.4 Å². The van der Waals surface area contributed by atoms with Crippen molar-refractivity contribution in [2.24, 2.45) is 0 Å². The molecule has 1 rings (SSSR count). The zero-order valence-electron chi connectivity index (χ0n) is 27.4. The highest BCUT2D eigenvalue weighted by Crippen LogP contribution is 2.11. The van der Waals surface area contributed by atoms with Gasteiger partial charge in [0.25, 0.3) is 0 Å². The molecule has 0 saturated heterocycles. The van der Waals surface area contributed by atoms with E-state index in [0.717, 1.165) is 56.8 Å². The van der Waals surface area contributed by atoms with Crippen LogP contribution >= 0.6 is 11.6 Å². The van der Waals surface area contributed by atoms with Gasteiger partial charge in [-0.05, 0) is 43.5 Å². The van der Waals surface area contributed by atoms with Crippen LogP contribution in [0.3, 0.4) is 0 Å². The first-order valence-corrected chi connectivity index (χ1v) is 17.0. The van der Waals surface area contributed by atoms with Crippen molar-refractivity contribution in [3.8, 4) is 0 Å². The van der Waals surface area contributed by atoms with Crippen molar-refractivity contribution in [2.75, 3.05) is 130 Å². The van der Waals surface area contributed by atoms with Crippen LogP contribution in [0.25, 0.3) is 0 Å². The van der Waals surface area contributed by atoms with E-state index in [0.29, 0.717) is 105 Å². The number of unbranched alkanes of at least 4 members (excludes halogenated alkanes) is 4. The summed E-state index contributed by atoms with van der Waals surface area (Å²) >= 11 is 5.65. The van der Waals surface area contributed by atoms with Gasteiger partial charge in [0.2, 0.25) is 0 Å². The van der Waals surface area contributed by atoms with Crippen LogP contribution in [0.5, 0.6) is 0 Å². The number of ether oxygens (including phenoxy) is 9. The lowest BCUT2D eigenvalue weighted by atomic mass is 10.2. The van der Waals surface area contributed by atoms with Crippen molar-refractivity contribution in [3.05, 3.63) is 29.8 Å². The zero-order valence-corrected chi connectivity index (χ0v) is 28.2. The maximum atomic E-state index is 12.1. The Morgan fingerprint density at radius 3 is 1.36 bits per heavy atom. The molecule has 262 valence electrons. The Kier molecular flexibility index (Phi) is 31.2. The molecule has 0 heterocycles. The number of anilines is 1. The normalized spacial score (nSPS) is 11.2. The van der Waals surface area contributed by atoms with E-state index < -0.39 is 0 Å². The summed E-state index contributed by atoms with van der Waals surface area (Å²) < 4.78 is 49.1.